The SMILES string of the molecule is CC(C)c1cc(NC(=O)O)ncn1. The molecule has 0 saturated heterocycles. The average molecular weight is 181 g/mol. The highest BCUT2D eigenvalue weighted by Gasteiger charge is 2.04. The highest BCUT2D eigenvalue weighted by atomic mass is 16.4. The first-order chi connectivity index (χ1) is 6.09. The molecule has 0 aliphatic heterocycles. The number of rotatable bonds is 2. The Kier molecular flexibility index (Phi) is 2.79. The van der Waals surface area contributed by atoms with E-state index in [1.165, 1.54) is 6.33 Å². The summed E-state index contributed by atoms with van der Waals surface area (Å²) in [5.74, 6) is 0.573. The van der Waals surface area contributed by atoms with Gasteiger partial charge in [0.05, 0.1) is 0 Å². The fourth-order valence-corrected chi connectivity index (χ4v) is 0.866. The number of nitrogens with zero attached hydrogens (tertiary/aromatic N) is 2. The normalized spacial score (nSPS) is 10.1. The van der Waals surface area contributed by atoms with Crippen molar-refractivity contribution >= 4 is 11.9 Å². The molecule has 1 rings (SSSR count). The molecule has 0 atom stereocenters. The fourth-order valence-electron chi connectivity index (χ4n) is 0.866. The molecule has 5 heteroatoms. The molecular formula is C8H11N3O2. The van der Waals surface area contributed by atoms with Gasteiger partial charge in [-0.05, 0) is 5.92 Å². The molecule has 2 N–H and O–H groups in total. The second kappa shape index (κ2) is 3.84. The van der Waals surface area contributed by atoms with Crippen molar-refractivity contribution in [2.24, 2.45) is 0 Å². The standard InChI is InChI=1S/C8H11N3O2/c1-5(2)6-3-7(10-4-9-6)11-8(12)13/h3-5H,1-2H3,(H,12,13)(H,9,10,11). The minimum Gasteiger partial charge on any atom is -0.465 e. The minimum absolute atomic E-state index is 0.261. The van der Waals surface area contributed by atoms with E-state index in [2.05, 4.69) is 15.3 Å². The van der Waals surface area contributed by atoms with Crippen molar-refractivity contribution < 1.29 is 9.90 Å². The van der Waals surface area contributed by atoms with E-state index in [1.807, 2.05) is 13.8 Å². The third-order valence-corrected chi connectivity index (χ3v) is 1.51. The molecule has 5 nitrogen and oxygen atoms in total. The van der Waals surface area contributed by atoms with Gasteiger partial charge in [0, 0.05) is 11.8 Å². The second-order valence-corrected chi connectivity index (χ2v) is 2.91. The van der Waals surface area contributed by atoms with Crippen molar-refractivity contribution in [2.75, 3.05) is 5.32 Å². The van der Waals surface area contributed by atoms with Crippen molar-refractivity contribution in [2.45, 2.75) is 19.8 Å². The predicted molar refractivity (Wildman–Crippen MR) is 47.8 cm³/mol. The van der Waals surface area contributed by atoms with E-state index in [9.17, 15) is 4.79 Å². The van der Waals surface area contributed by atoms with Crippen LogP contribution in [-0.4, -0.2) is 21.2 Å². The van der Waals surface area contributed by atoms with Crippen LogP contribution in [0.3, 0.4) is 0 Å². The molecule has 13 heavy (non-hydrogen) atoms. The van der Waals surface area contributed by atoms with Gasteiger partial charge in [-0.1, -0.05) is 13.8 Å². The lowest BCUT2D eigenvalue weighted by atomic mass is 10.1. The highest BCUT2D eigenvalue weighted by Crippen LogP contribution is 2.13. The van der Waals surface area contributed by atoms with Crippen molar-refractivity contribution in [3.63, 3.8) is 0 Å². The van der Waals surface area contributed by atoms with Crippen molar-refractivity contribution in [1.29, 1.82) is 0 Å². The summed E-state index contributed by atoms with van der Waals surface area (Å²) in [6.45, 7) is 3.96. The van der Waals surface area contributed by atoms with Crippen molar-refractivity contribution in [3.8, 4) is 0 Å². The Bertz CT molecular complexity index is 312. The van der Waals surface area contributed by atoms with Crippen LogP contribution >= 0.6 is 0 Å². The molecule has 0 aliphatic rings. The molecule has 0 unspecified atom stereocenters. The van der Waals surface area contributed by atoms with Crippen LogP contribution in [0.2, 0.25) is 0 Å². The van der Waals surface area contributed by atoms with Gasteiger partial charge in [-0.2, -0.15) is 0 Å². The van der Waals surface area contributed by atoms with Crippen LogP contribution in [0.25, 0.3) is 0 Å². The summed E-state index contributed by atoms with van der Waals surface area (Å²) in [5, 5.41) is 10.6. The van der Waals surface area contributed by atoms with Crippen LogP contribution in [0.1, 0.15) is 25.5 Å². The molecule has 1 heterocycles. The molecule has 0 fully saturated rings. The first kappa shape index (κ1) is 9.44. The highest BCUT2D eigenvalue weighted by molar-refractivity contribution is 5.81. The number of aromatic nitrogens is 2. The van der Waals surface area contributed by atoms with E-state index in [0.717, 1.165) is 5.69 Å². The van der Waals surface area contributed by atoms with Gasteiger partial charge in [0.1, 0.15) is 12.1 Å². The Labute approximate surface area is 75.8 Å². The van der Waals surface area contributed by atoms with Crippen LogP contribution in [0, 0.1) is 0 Å². The molecular weight excluding hydrogens is 170 g/mol. The Balaban J connectivity index is 2.85. The van der Waals surface area contributed by atoms with E-state index in [4.69, 9.17) is 5.11 Å². The maximum absolute atomic E-state index is 10.3. The summed E-state index contributed by atoms with van der Waals surface area (Å²) < 4.78 is 0. The van der Waals surface area contributed by atoms with Gasteiger partial charge < -0.3 is 5.11 Å². The van der Waals surface area contributed by atoms with E-state index >= 15 is 0 Å². The molecule has 1 amide bonds. The van der Waals surface area contributed by atoms with Gasteiger partial charge in [-0.15, -0.1) is 0 Å². The molecule has 0 aliphatic carbocycles. The Morgan fingerprint density at radius 2 is 2.23 bits per heavy atom. The molecule has 0 bridgehead atoms. The van der Waals surface area contributed by atoms with Crippen LogP contribution < -0.4 is 5.32 Å². The lowest BCUT2D eigenvalue weighted by molar-refractivity contribution is 0.209. The average Bonchev–Trinajstić information content (AvgIpc) is 2.03. The van der Waals surface area contributed by atoms with Gasteiger partial charge in [0.2, 0.25) is 0 Å². The zero-order valence-corrected chi connectivity index (χ0v) is 7.48. The minimum atomic E-state index is -1.12. The molecule has 0 radical (unpaired) electrons. The lowest BCUT2D eigenvalue weighted by Crippen LogP contribution is -2.09. The quantitative estimate of drug-likeness (QED) is 0.728. The van der Waals surface area contributed by atoms with Gasteiger partial charge in [0.25, 0.3) is 0 Å². The second-order valence-electron chi connectivity index (χ2n) is 2.91. The predicted octanol–water partition coefficient (Wildman–Crippen LogP) is 1.69. The van der Waals surface area contributed by atoms with E-state index in [-0.39, 0.29) is 5.92 Å². The number of hydrogen-bond acceptors (Lipinski definition) is 3. The topological polar surface area (TPSA) is 75.1 Å². The van der Waals surface area contributed by atoms with Gasteiger partial charge in [-0.25, -0.2) is 14.8 Å². The molecule has 70 valence electrons. The fraction of sp³-hybridized carbons (Fsp3) is 0.375. The van der Waals surface area contributed by atoms with E-state index in [1.54, 1.807) is 6.07 Å². The third-order valence-electron chi connectivity index (χ3n) is 1.51. The van der Waals surface area contributed by atoms with Crippen LogP contribution in [0.4, 0.5) is 10.6 Å². The molecule has 0 saturated carbocycles. The number of carboxylic acid groups (broad SMARTS) is 1. The monoisotopic (exact) mass is 181 g/mol. The zero-order valence-electron chi connectivity index (χ0n) is 7.48. The Morgan fingerprint density at radius 3 is 2.77 bits per heavy atom. The van der Waals surface area contributed by atoms with Crippen molar-refractivity contribution in [1.82, 2.24) is 9.97 Å². The van der Waals surface area contributed by atoms with Gasteiger partial charge >= 0.3 is 6.09 Å². The first-order valence-corrected chi connectivity index (χ1v) is 3.91. The molecule has 0 aromatic carbocycles. The maximum Gasteiger partial charge on any atom is 0.410 e. The zero-order chi connectivity index (χ0) is 9.84. The summed E-state index contributed by atoms with van der Waals surface area (Å²) in [6, 6.07) is 1.62. The van der Waals surface area contributed by atoms with Crippen LogP contribution in [0.15, 0.2) is 12.4 Å². The van der Waals surface area contributed by atoms with E-state index in [0.29, 0.717) is 5.82 Å². The summed E-state index contributed by atoms with van der Waals surface area (Å²) in [5.41, 5.74) is 0.818. The maximum atomic E-state index is 10.3. The Morgan fingerprint density at radius 1 is 1.54 bits per heavy atom. The summed E-state index contributed by atoms with van der Waals surface area (Å²) in [4.78, 5) is 18.0. The first-order valence-electron chi connectivity index (χ1n) is 3.91. The van der Waals surface area contributed by atoms with Crippen LogP contribution in [-0.2, 0) is 0 Å². The summed E-state index contributed by atoms with van der Waals surface area (Å²) in [6.07, 6.45) is 0.231. The largest absolute Gasteiger partial charge is 0.465 e. The Hall–Kier alpha value is -1.65. The van der Waals surface area contributed by atoms with Crippen LogP contribution in [0.5, 0.6) is 0 Å². The number of carbonyl (C=O) groups is 1. The number of anilines is 1. The smallest absolute Gasteiger partial charge is 0.410 e. The van der Waals surface area contributed by atoms with Gasteiger partial charge in [-0.3, -0.25) is 5.32 Å². The number of hydrogen-bond donors (Lipinski definition) is 2. The lowest BCUT2D eigenvalue weighted by Gasteiger charge is -2.05. The third kappa shape index (κ3) is 2.70. The molecule has 1 aromatic heterocycles. The van der Waals surface area contributed by atoms with E-state index < -0.39 is 6.09 Å². The number of nitrogens with one attached hydrogen (secondary N) is 1. The number of amides is 1. The summed E-state index contributed by atoms with van der Waals surface area (Å²) >= 11 is 0. The van der Waals surface area contributed by atoms with Gasteiger partial charge in [0.15, 0.2) is 0 Å². The van der Waals surface area contributed by atoms with Crippen molar-refractivity contribution in [3.05, 3.63) is 18.1 Å². The molecule has 0 spiro atoms. The summed E-state index contributed by atoms with van der Waals surface area (Å²) in [7, 11) is 0. The molecule has 1 aromatic rings.